The van der Waals surface area contributed by atoms with Crippen molar-refractivity contribution >= 4 is 0 Å². The number of piperidine rings is 1. The van der Waals surface area contributed by atoms with Crippen LogP contribution >= 0.6 is 0 Å². The lowest BCUT2D eigenvalue weighted by Crippen LogP contribution is -2.70. The predicted octanol–water partition coefficient (Wildman–Crippen LogP) is 1.41. The first kappa shape index (κ1) is 23.5. The van der Waals surface area contributed by atoms with E-state index in [2.05, 4.69) is 16.2 Å². The van der Waals surface area contributed by atoms with Gasteiger partial charge in [-0.05, 0) is 32.1 Å². The molecule has 4 bridgehead atoms. The summed E-state index contributed by atoms with van der Waals surface area (Å²) in [5, 5.41) is 2.98. The number of hydrogen-bond acceptors (Lipinski definition) is 7. The normalized spacial score (nSPS) is 43.5. The summed E-state index contributed by atoms with van der Waals surface area (Å²) in [6.07, 6.45) is -11.3. The van der Waals surface area contributed by atoms with Crippen LogP contribution in [0.15, 0.2) is 0 Å². The minimum Gasteiger partial charge on any atom is -0.380 e. The average molecular weight is 461 g/mol. The van der Waals surface area contributed by atoms with Crippen molar-refractivity contribution in [3.63, 3.8) is 0 Å². The molecule has 0 spiro atoms. The van der Waals surface area contributed by atoms with E-state index in [-0.39, 0.29) is 38.5 Å². The SMILES string of the molecule is NC1CC(C(F)(F)F)C2NC1C1NNC(O1)C(C(F)(F)F)CCCOC[C@@H]1CCCN21. The Bertz CT molecular complexity index is 623. The molecule has 4 heterocycles. The van der Waals surface area contributed by atoms with E-state index in [1.165, 1.54) is 0 Å². The van der Waals surface area contributed by atoms with E-state index in [1.807, 2.05) is 0 Å². The van der Waals surface area contributed by atoms with Crippen molar-refractivity contribution in [3.8, 4) is 0 Å². The summed E-state index contributed by atoms with van der Waals surface area (Å²) in [4.78, 5) is 1.78. The van der Waals surface area contributed by atoms with Crippen LogP contribution in [0.1, 0.15) is 32.1 Å². The van der Waals surface area contributed by atoms with Crippen LogP contribution in [0.4, 0.5) is 26.3 Å². The zero-order chi connectivity index (χ0) is 22.4. The van der Waals surface area contributed by atoms with E-state index in [0.29, 0.717) is 13.0 Å². The number of fused-ring (bicyclic) bond motifs is 7. The Morgan fingerprint density at radius 2 is 1.61 bits per heavy atom. The van der Waals surface area contributed by atoms with Crippen LogP contribution in [0.3, 0.4) is 0 Å². The Morgan fingerprint density at radius 3 is 2.32 bits per heavy atom. The molecular formula is C18H29F6N5O2. The number of hydrazine groups is 1. The second-order valence-electron chi connectivity index (χ2n) is 8.85. The van der Waals surface area contributed by atoms with Crippen molar-refractivity contribution in [2.24, 2.45) is 17.6 Å². The van der Waals surface area contributed by atoms with Gasteiger partial charge in [-0.3, -0.25) is 10.2 Å². The molecule has 4 fully saturated rings. The molecule has 31 heavy (non-hydrogen) atoms. The van der Waals surface area contributed by atoms with Crippen molar-refractivity contribution in [2.45, 2.75) is 81.2 Å². The number of halogens is 6. The molecule has 180 valence electrons. The van der Waals surface area contributed by atoms with Crippen LogP contribution in [0.25, 0.3) is 0 Å². The number of alkyl halides is 6. The lowest BCUT2D eigenvalue weighted by molar-refractivity contribution is -0.221. The Hall–Kier alpha value is -0.700. The predicted molar refractivity (Wildman–Crippen MR) is 97.1 cm³/mol. The third-order valence-electron chi connectivity index (χ3n) is 6.82. The second-order valence-corrected chi connectivity index (χ2v) is 8.85. The fourth-order valence-corrected chi connectivity index (χ4v) is 5.23. The summed E-state index contributed by atoms with van der Waals surface area (Å²) >= 11 is 0. The molecule has 7 unspecified atom stereocenters. The first-order valence-corrected chi connectivity index (χ1v) is 10.7. The van der Waals surface area contributed by atoms with E-state index in [9.17, 15) is 26.3 Å². The average Bonchev–Trinajstić information content (AvgIpc) is 3.31. The van der Waals surface area contributed by atoms with Crippen LogP contribution in [0.5, 0.6) is 0 Å². The van der Waals surface area contributed by atoms with Crippen LogP contribution in [0, 0.1) is 11.8 Å². The minimum absolute atomic E-state index is 0.106. The molecule has 5 N–H and O–H groups in total. The monoisotopic (exact) mass is 461 g/mol. The molecule has 13 heteroatoms. The second kappa shape index (κ2) is 8.92. The minimum atomic E-state index is -4.50. The van der Waals surface area contributed by atoms with E-state index >= 15 is 0 Å². The highest BCUT2D eigenvalue weighted by molar-refractivity contribution is 5.02. The molecule has 0 aliphatic carbocycles. The molecule has 0 aromatic rings. The van der Waals surface area contributed by atoms with Crippen LogP contribution < -0.4 is 21.9 Å². The van der Waals surface area contributed by atoms with Gasteiger partial charge >= 0.3 is 12.4 Å². The summed E-state index contributed by atoms with van der Waals surface area (Å²) < 4.78 is 93.6. The quantitative estimate of drug-likeness (QED) is 0.406. The lowest BCUT2D eigenvalue weighted by atomic mass is 9.85. The van der Waals surface area contributed by atoms with E-state index < -0.39 is 54.9 Å². The lowest BCUT2D eigenvalue weighted by Gasteiger charge is -2.48. The third kappa shape index (κ3) is 4.97. The number of nitrogens with two attached hydrogens (primary N) is 1. The molecule has 0 saturated carbocycles. The Balaban J connectivity index is 1.61. The number of nitrogens with zero attached hydrogens (tertiary/aromatic N) is 1. The number of ether oxygens (including phenoxy) is 2. The van der Waals surface area contributed by atoms with Crippen molar-refractivity contribution in [2.75, 3.05) is 19.8 Å². The van der Waals surface area contributed by atoms with E-state index in [0.717, 1.165) is 6.42 Å². The standard InChI is InChI=1S/C18H29F6N5O2/c19-17(20,21)10-4-2-6-30-8-9-3-1-5-29(9)14-11(18(22,23)24)7-12(25)13(26-14)16-28-27-15(10)31-16/h9-16,26-28H,1-8,25H2/t9-,10?,11?,12?,13?,14?,15?,16?/m0/s1. The van der Waals surface area contributed by atoms with Gasteiger partial charge in [-0.2, -0.15) is 26.3 Å². The molecule has 0 aromatic heterocycles. The van der Waals surface area contributed by atoms with Gasteiger partial charge in [0.25, 0.3) is 0 Å². The summed E-state index contributed by atoms with van der Waals surface area (Å²) in [6.45, 7) is 0.779. The first-order chi connectivity index (χ1) is 14.6. The van der Waals surface area contributed by atoms with Crippen molar-refractivity contribution in [3.05, 3.63) is 0 Å². The first-order valence-electron chi connectivity index (χ1n) is 10.7. The molecule has 7 nitrogen and oxygen atoms in total. The maximum Gasteiger partial charge on any atom is 0.395 e. The summed E-state index contributed by atoms with van der Waals surface area (Å²) in [5.41, 5.74) is 11.3. The zero-order valence-electron chi connectivity index (χ0n) is 16.9. The number of rotatable bonds is 0. The van der Waals surface area contributed by atoms with Gasteiger partial charge in [0.2, 0.25) is 0 Å². The molecule has 4 saturated heterocycles. The third-order valence-corrected chi connectivity index (χ3v) is 6.82. The smallest absolute Gasteiger partial charge is 0.380 e. The van der Waals surface area contributed by atoms with Crippen LogP contribution in [-0.2, 0) is 9.47 Å². The number of hydrogen-bond donors (Lipinski definition) is 4. The molecule has 4 aliphatic heterocycles. The molecular weight excluding hydrogens is 432 g/mol. The van der Waals surface area contributed by atoms with Crippen molar-refractivity contribution in [1.82, 2.24) is 21.1 Å². The summed E-state index contributed by atoms with van der Waals surface area (Å²) in [6, 6.07) is -1.97. The zero-order valence-corrected chi connectivity index (χ0v) is 16.9. The maximum atomic E-state index is 13.9. The molecule has 4 aliphatic rings. The van der Waals surface area contributed by atoms with Crippen LogP contribution in [-0.4, -0.2) is 73.8 Å². The van der Waals surface area contributed by atoms with Gasteiger partial charge < -0.3 is 15.2 Å². The van der Waals surface area contributed by atoms with Crippen molar-refractivity contribution in [1.29, 1.82) is 0 Å². The van der Waals surface area contributed by atoms with Crippen LogP contribution in [0.2, 0.25) is 0 Å². The van der Waals surface area contributed by atoms with Crippen molar-refractivity contribution < 1.29 is 35.8 Å². The molecule has 4 rings (SSSR count). The Morgan fingerprint density at radius 1 is 0.903 bits per heavy atom. The molecule has 0 aromatic carbocycles. The van der Waals surface area contributed by atoms with E-state index in [1.54, 1.807) is 4.90 Å². The van der Waals surface area contributed by atoms with Gasteiger partial charge in [0.15, 0.2) is 0 Å². The van der Waals surface area contributed by atoms with Gasteiger partial charge in [0.05, 0.1) is 30.7 Å². The highest BCUT2D eigenvalue weighted by atomic mass is 19.4. The Labute approximate surface area is 176 Å². The van der Waals surface area contributed by atoms with E-state index in [4.69, 9.17) is 15.2 Å². The Kier molecular flexibility index (Phi) is 6.75. The number of nitrogens with one attached hydrogen (secondary N) is 3. The molecule has 0 amide bonds. The summed E-state index contributed by atoms with van der Waals surface area (Å²) in [5.74, 6) is -3.47. The maximum absolute atomic E-state index is 13.9. The fraction of sp³-hybridized carbons (Fsp3) is 1.00. The molecule has 0 radical (unpaired) electrons. The largest absolute Gasteiger partial charge is 0.395 e. The summed E-state index contributed by atoms with van der Waals surface area (Å²) in [7, 11) is 0. The van der Waals surface area contributed by atoms with Gasteiger partial charge in [0.1, 0.15) is 12.5 Å². The van der Waals surface area contributed by atoms with Gasteiger partial charge in [0, 0.05) is 25.2 Å². The highest BCUT2D eigenvalue weighted by Crippen LogP contribution is 2.40. The van der Waals surface area contributed by atoms with Gasteiger partial charge in [-0.15, -0.1) is 0 Å². The molecule has 8 atom stereocenters. The topological polar surface area (TPSA) is 83.8 Å². The fourth-order valence-electron chi connectivity index (χ4n) is 5.23. The van der Waals surface area contributed by atoms with Gasteiger partial charge in [-0.1, -0.05) is 0 Å². The van der Waals surface area contributed by atoms with Gasteiger partial charge in [-0.25, -0.2) is 10.9 Å². The highest BCUT2D eigenvalue weighted by Gasteiger charge is 2.56.